The van der Waals surface area contributed by atoms with Crippen LogP contribution in [0.4, 0.5) is 5.69 Å². The lowest BCUT2D eigenvalue weighted by molar-refractivity contribution is 0.0947. The van der Waals surface area contributed by atoms with Crippen molar-refractivity contribution in [2.24, 2.45) is 0 Å². The lowest BCUT2D eigenvalue weighted by Gasteiger charge is -2.14. The third kappa shape index (κ3) is 4.83. The van der Waals surface area contributed by atoms with Crippen molar-refractivity contribution in [3.63, 3.8) is 0 Å². The number of rotatable bonds is 5. The van der Waals surface area contributed by atoms with Crippen LogP contribution in [0.15, 0.2) is 71.3 Å². The highest BCUT2D eigenvalue weighted by Crippen LogP contribution is 2.15. The van der Waals surface area contributed by atoms with Gasteiger partial charge in [-0.25, -0.2) is 0 Å². The van der Waals surface area contributed by atoms with Gasteiger partial charge in [-0.05, 0) is 55.0 Å². The molecule has 0 spiro atoms. The summed E-state index contributed by atoms with van der Waals surface area (Å²) in [5.74, 6) is 0.0580. The zero-order valence-electron chi connectivity index (χ0n) is 15.2. The number of amides is 2. The average Bonchev–Trinajstić information content (AvgIpc) is 3.20. The van der Waals surface area contributed by atoms with E-state index >= 15 is 0 Å². The Kier molecular flexibility index (Phi) is 6.18. The Morgan fingerprint density at radius 3 is 2.36 bits per heavy atom. The van der Waals surface area contributed by atoms with E-state index in [9.17, 15) is 9.59 Å². The Balaban J connectivity index is 1.65. The minimum absolute atomic E-state index is 0.111. The first-order chi connectivity index (χ1) is 13.5. The standard InChI is InChI=1S/C21H19N3O3S/c1-14-7-2-3-9-16(14)20(26)24-21(28)23-18-11-5-4-10-17(18)19(25)22-13-15-8-6-12-27-15/h2-12H,13H2,1H3,(H,22,25)(H2,23,24,26,28). The number of anilines is 1. The van der Waals surface area contributed by atoms with Crippen molar-refractivity contribution in [1.29, 1.82) is 0 Å². The highest BCUT2D eigenvalue weighted by molar-refractivity contribution is 7.80. The van der Waals surface area contributed by atoms with Crippen LogP contribution in [0.25, 0.3) is 0 Å². The molecule has 142 valence electrons. The second-order valence-electron chi connectivity index (χ2n) is 6.03. The molecule has 0 saturated heterocycles. The van der Waals surface area contributed by atoms with Crippen molar-refractivity contribution in [3.05, 3.63) is 89.4 Å². The van der Waals surface area contributed by atoms with E-state index in [-0.39, 0.29) is 23.5 Å². The van der Waals surface area contributed by atoms with Gasteiger partial charge < -0.3 is 15.1 Å². The maximum Gasteiger partial charge on any atom is 0.257 e. The van der Waals surface area contributed by atoms with Crippen LogP contribution < -0.4 is 16.0 Å². The Bertz CT molecular complexity index is 1000. The number of carbonyl (C=O) groups is 2. The molecule has 0 radical (unpaired) electrons. The number of thiocarbonyl (C=S) groups is 1. The highest BCUT2D eigenvalue weighted by atomic mass is 32.1. The molecule has 0 fully saturated rings. The van der Waals surface area contributed by atoms with Crippen molar-refractivity contribution in [1.82, 2.24) is 10.6 Å². The van der Waals surface area contributed by atoms with Gasteiger partial charge in [0.15, 0.2) is 5.11 Å². The average molecular weight is 393 g/mol. The molecule has 1 aromatic heterocycles. The van der Waals surface area contributed by atoms with Gasteiger partial charge in [0, 0.05) is 5.56 Å². The molecule has 0 atom stereocenters. The smallest absolute Gasteiger partial charge is 0.257 e. The lowest BCUT2D eigenvalue weighted by Crippen LogP contribution is -2.35. The third-order valence-electron chi connectivity index (χ3n) is 4.04. The molecular formula is C21H19N3O3S. The molecule has 3 rings (SSSR count). The molecule has 0 aliphatic carbocycles. The van der Waals surface area contributed by atoms with Crippen molar-refractivity contribution >= 4 is 34.8 Å². The molecule has 2 amide bonds. The van der Waals surface area contributed by atoms with Gasteiger partial charge in [0.05, 0.1) is 24.1 Å². The summed E-state index contributed by atoms with van der Waals surface area (Å²) in [5, 5.41) is 8.46. The van der Waals surface area contributed by atoms with Crippen LogP contribution in [0.1, 0.15) is 32.0 Å². The number of nitrogens with one attached hydrogen (secondary N) is 3. The van der Waals surface area contributed by atoms with Gasteiger partial charge in [-0.1, -0.05) is 30.3 Å². The second kappa shape index (κ2) is 8.96. The van der Waals surface area contributed by atoms with Gasteiger partial charge in [0.1, 0.15) is 5.76 Å². The van der Waals surface area contributed by atoms with Gasteiger partial charge in [-0.3, -0.25) is 14.9 Å². The molecule has 3 aromatic rings. The Morgan fingerprint density at radius 1 is 0.929 bits per heavy atom. The minimum atomic E-state index is -0.310. The normalized spacial score (nSPS) is 10.2. The Morgan fingerprint density at radius 2 is 1.64 bits per heavy atom. The van der Waals surface area contributed by atoms with Crippen molar-refractivity contribution in [2.45, 2.75) is 13.5 Å². The van der Waals surface area contributed by atoms with E-state index in [1.54, 1.807) is 54.8 Å². The molecule has 2 aromatic carbocycles. The lowest BCUT2D eigenvalue weighted by atomic mass is 10.1. The van der Waals surface area contributed by atoms with E-state index in [4.69, 9.17) is 16.6 Å². The first-order valence-corrected chi connectivity index (χ1v) is 9.03. The molecule has 28 heavy (non-hydrogen) atoms. The number of para-hydroxylation sites is 1. The van der Waals surface area contributed by atoms with Gasteiger partial charge >= 0.3 is 0 Å². The van der Waals surface area contributed by atoms with Crippen LogP contribution in [0.5, 0.6) is 0 Å². The van der Waals surface area contributed by atoms with Crippen LogP contribution in [0.2, 0.25) is 0 Å². The number of benzene rings is 2. The first-order valence-electron chi connectivity index (χ1n) is 8.62. The highest BCUT2D eigenvalue weighted by Gasteiger charge is 2.14. The summed E-state index contributed by atoms with van der Waals surface area (Å²) >= 11 is 5.24. The van der Waals surface area contributed by atoms with Gasteiger partial charge in [0.25, 0.3) is 11.8 Å². The number of hydrogen-bond acceptors (Lipinski definition) is 4. The number of hydrogen-bond donors (Lipinski definition) is 3. The summed E-state index contributed by atoms with van der Waals surface area (Å²) in [4.78, 5) is 24.9. The first kappa shape index (κ1) is 19.3. The Hall–Kier alpha value is -3.45. The zero-order valence-corrected chi connectivity index (χ0v) is 16.0. The predicted molar refractivity (Wildman–Crippen MR) is 111 cm³/mol. The quantitative estimate of drug-likeness (QED) is 0.577. The molecule has 0 bridgehead atoms. The predicted octanol–water partition coefficient (Wildman–Crippen LogP) is 3.64. The van der Waals surface area contributed by atoms with Gasteiger partial charge in [-0.2, -0.15) is 0 Å². The van der Waals surface area contributed by atoms with Crippen molar-refractivity contribution in [2.75, 3.05) is 5.32 Å². The van der Waals surface area contributed by atoms with E-state index in [0.29, 0.717) is 22.6 Å². The fourth-order valence-corrected chi connectivity index (χ4v) is 2.82. The van der Waals surface area contributed by atoms with Crippen molar-refractivity contribution < 1.29 is 14.0 Å². The van der Waals surface area contributed by atoms with Gasteiger partial charge in [0.2, 0.25) is 0 Å². The molecule has 1 heterocycles. The number of aryl methyl sites for hydroxylation is 1. The summed E-state index contributed by atoms with van der Waals surface area (Å²) in [6.45, 7) is 2.12. The number of furan rings is 1. The molecule has 0 aliphatic heterocycles. The Labute approximate surface area is 167 Å². The molecule has 7 heteroatoms. The monoisotopic (exact) mass is 393 g/mol. The van der Waals surface area contributed by atoms with E-state index in [1.165, 1.54) is 0 Å². The van der Waals surface area contributed by atoms with Crippen LogP contribution >= 0.6 is 12.2 Å². The van der Waals surface area contributed by atoms with E-state index < -0.39 is 0 Å². The summed E-state index contributed by atoms with van der Waals surface area (Å²) < 4.78 is 5.21. The van der Waals surface area contributed by atoms with E-state index in [1.807, 2.05) is 19.1 Å². The van der Waals surface area contributed by atoms with Gasteiger partial charge in [-0.15, -0.1) is 0 Å². The van der Waals surface area contributed by atoms with Crippen LogP contribution in [-0.2, 0) is 6.54 Å². The summed E-state index contributed by atoms with van der Waals surface area (Å²) in [5.41, 5.74) is 2.28. The minimum Gasteiger partial charge on any atom is -0.467 e. The molecule has 6 nitrogen and oxygen atoms in total. The van der Waals surface area contributed by atoms with Crippen LogP contribution in [0, 0.1) is 6.92 Å². The molecular weight excluding hydrogens is 374 g/mol. The summed E-state index contributed by atoms with van der Waals surface area (Å²) in [7, 11) is 0. The summed E-state index contributed by atoms with van der Waals surface area (Å²) in [6.07, 6.45) is 1.55. The fourth-order valence-electron chi connectivity index (χ4n) is 2.62. The SMILES string of the molecule is Cc1ccccc1C(=O)NC(=S)Nc1ccccc1C(=O)NCc1ccco1. The molecule has 0 aliphatic rings. The summed E-state index contributed by atoms with van der Waals surface area (Å²) in [6, 6.07) is 17.7. The molecule has 0 saturated carbocycles. The van der Waals surface area contributed by atoms with Crippen LogP contribution in [0.3, 0.4) is 0 Å². The second-order valence-corrected chi connectivity index (χ2v) is 6.44. The zero-order chi connectivity index (χ0) is 19.9. The van der Waals surface area contributed by atoms with Crippen LogP contribution in [-0.4, -0.2) is 16.9 Å². The number of carbonyl (C=O) groups excluding carboxylic acids is 2. The van der Waals surface area contributed by atoms with E-state index in [2.05, 4.69) is 16.0 Å². The fraction of sp³-hybridized carbons (Fsp3) is 0.0952. The maximum absolute atomic E-state index is 12.5. The molecule has 3 N–H and O–H groups in total. The largest absolute Gasteiger partial charge is 0.467 e. The maximum atomic E-state index is 12.5. The van der Waals surface area contributed by atoms with Crippen molar-refractivity contribution in [3.8, 4) is 0 Å². The molecule has 0 unspecified atom stereocenters. The third-order valence-corrected chi connectivity index (χ3v) is 4.24. The topological polar surface area (TPSA) is 83.4 Å². The van der Waals surface area contributed by atoms with E-state index in [0.717, 1.165) is 5.56 Å².